The summed E-state index contributed by atoms with van der Waals surface area (Å²) in [6.45, 7) is 0. The Kier molecular flexibility index (Phi) is 2.21. The highest BCUT2D eigenvalue weighted by Gasteiger charge is 2.29. The Morgan fingerprint density at radius 2 is 2.12 bits per heavy atom. The lowest BCUT2D eigenvalue weighted by atomic mass is 10.3. The average Bonchev–Trinajstić information content (AvgIpc) is 3.03. The summed E-state index contributed by atoms with van der Waals surface area (Å²) in [4.78, 5) is 4.29. The lowest BCUT2D eigenvalue weighted by Gasteiger charge is -2.00. The predicted octanol–water partition coefficient (Wildman–Crippen LogP) is 3.33. The van der Waals surface area contributed by atoms with Gasteiger partial charge in [0.25, 0.3) is 0 Å². The van der Waals surface area contributed by atoms with Crippen molar-refractivity contribution in [3.05, 3.63) is 27.1 Å². The molecule has 1 heterocycles. The van der Waals surface area contributed by atoms with E-state index in [-0.39, 0.29) is 9.09 Å². The summed E-state index contributed by atoms with van der Waals surface area (Å²) < 4.78 is 29.1. The summed E-state index contributed by atoms with van der Waals surface area (Å²) in [5, 5.41) is 0. The van der Waals surface area contributed by atoms with Gasteiger partial charge >= 0.3 is 0 Å². The molecule has 0 spiro atoms. The van der Waals surface area contributed by atoms with Crippen LogP contribution in [-0.2, 0) is 7.05 Å². The van der Waals surface area contributed by atoms with Crippen LogP contribution in [0.2, 0.25) is 0 Å². The van der Waals surface area contributed by atoms with E-state index < -0.39 is 11.6 Å². The first-order valence-corrected chi connectivity index (χ1v) is 6.17. The topological polar surface area (TPSA) is 17.8 Å². The molecule has 1 saturated carbocycles. The molecule has 0 unspecified atom stereocenters. The van der Waals surface area contributed by atoms with Gasteiger partial charge < -0.3 is 4.57 Å². The number of nitrogens with zero attached hydrogens (tertiary/aromatic N) is 2. The van der Waals surface area contributed by atoms with Gasteiger partial charge in [0, 0.05) is 19.0 Å². The quantitative estimate of drug-likeness (QED) is 0.578. The second-order valence-electron chi connectivity index (χ2n) is 4.16. The number of imidazole rings is 1. The van der Waals surface area contributed by atoms with Crippen LogP contribution in [0.5, 0.6) is 0 Å². The van der Waals surface area contributed by atoms with E-state index >= 15 is 0 Å². The molecule has 1 aromatic carbocycles. The summed E-state index contributed by atoms with van der Waals surface area (Å²) in [6.07, 6.45) is 2.19. The normalized spacial score (nSPS) is 16.0. The molecule has 1 fully saturated rings. The first-order valence-electron chi connectivity index (χ1n) is 5.09. The molecule has 0 saturated heterocycles. The Balaban J connectivity index is 2.36. The van der Waals surface area contributed by atoms with E-state index in [9.17, 15) is 8.78 Å². The second-order valence-corrected chi connectivity index (χ2v) is 5.24. The Morgan fingerprint density at radius 1 is 1.44 bits per heavy atom. The van der Waals surface area contributed by atoms with Crippen LogP contribution in [0, 0.1) is 15.2 Å². The maximum atomic E-state index is 13.8. The average molecular weight is 334 g/mol. The lowest BCUT2D eigenvalue weighted by Crippen LogP contribution is -1.95. The van der Waals surface area contributed by atoms with Crippen molar-refractivity contribution in [1.82, 2.24) is 9.55 Å². The first kappa shape index (κ1) is 10.4. The minimum atomic E-state index is -0.543. The van der Waals surface area contributed by atoms with E-state index in [1.54, 1.807) is 27.2 Å². The monoisotopic (exact) mass is 334 g/mol. The third-order valence-corrected chi connectivity index (χ3v) is 3.98. The van der Waals surface area contributed by atoms with Gasteiger partial charge in [-0.3, -0.25) is 0 Å². The molecule has 16 heavy (non-hydrogen) atoms. The third-order valence-electron chi connectivity index (χ3n) is 2.99. The summed E-state index contributed by atoms with van der Waals surface area (Å²) in [6, 6.07) is 1.36. The number of benzene rings is 1. The molecule has 84 valence electrons. The maximum absolute atomic E-state index is 13.8. The molecule has 1 aliphatic rings. The smallest absolute Gasteiger partial charge is 0.167 e. The highest BCUT2D eigenvalue weighted by Crippen LogP contribution is 2.40. The SMILES string of the molecule is Cn1c(C2CC2)nc2c(F)c(I)c(F)cc21. The van der Waals surface area contributed by atoms with Crippen LogP contribution in [0.1, 0.15) is 24.6 Å². The van der Waals surface area contributed by atoms with Gasteiger partial charge in [-0.05, 0) is 35.4 Å². The first-order chi connectivity index (χ1) is 7.59. The van der Waals surface area contributed by atoms with E-state index in [1.165, 1.54) is 6.07 Å². The standard InChI is InChI=1S/C11H9F2IN2/c1-16-7-4-6(12)9(14)8(13)10(7)15-11(16)5-2-3-5/h4-5H,2-3H2,1H3. The van der Waals surface area contributed by atoms with Crippen LogP contribution < -0.4 is 0 Å². The number of halogens is 3. The lowest BCUT2D eigenvalue weighted by molar-refractivity contribution is 0.577. The third kappa shape index (κ3) is 1.37. The Hall–Kier alpha value is -0.720. The number of hydrogen-bond acceptors (Lipinski definition) is 1. The largest absolute Gasteiger partial charge is 0.331 e. The van der Waals surface area contributed by atoms with Crippen LogP contribution in [0.3, 0.4) is 0 Å². The van der Waals surface area contributed by atoms with Gasteiger partial charge in [0.05, 0.1) is 9.09 Å². The van der Waals surface area contributed by atoms with Crippen LogP contribution in [0.4, 0.5) is 8.78 Å². The zero-order chi connectivity index (χ0) is 11.4. The number of aryl methyl sites for hydroxylation is 1. The minimum absolute atomic E-state index is 0.0190. The van der Waals surface area contributed by atoms with Crippen LogP contribution >= 0.6 is 22.6 Å². The number of aromatic nitrogens is 2. The van der Waals surface area contributed by atoms with Gasteiger partial charge in [0.15, 0.2) is 5.82 Å². The van der Waals surface area contributed by atoms with Crippen molar-refractivity contribution in [1.29, 1.82) is 0 Å². The molecule has 0 N–H and O–H groups in total. The van der Waals surface area contributed by atoms with Crippen molar-refractivity contribution in [3.63, 3.8) is 0 Å². The molecule has 2 aromatic rings. The van der Waals surface area contributed by atoms with Gasteiger partial charge in [-0.1, -0.05) is 0 Å². The fourth-order valence-corrected chi connectivity index (χ4v) is 2.37. The van der Waals surface area contributed by atoms with Gasteiger partial charge in [-0.25, -0.2) is 13.8 Å². The van der Waals surface area contributed by atoms with E-state index in [0.717, 1.165) is 18.7 Å². The van der Waals surface area contributed by atoms with Crippen molar-refractivity contribution >= 4 is 33.6 Å². The van der Waals surface area contributed by atoms with Crippen LogP contribution in [0.15, 0.2) is 6.07 Å². The molecule has 1 aromatic heterocycles. The molecule has 0 aliphatic heterocycles. The van der Waals surface area contributed by atoms with Crippen molar-refractivity contribution in [2.75, 3.05) is 0 Å². The van der Waals surface area contributed by atoms with Gasteiger partial charge in [-0.2, -0.15) is 0 Å². The van der Waals surface area contributed by atoms with E-state index in [0.29, 0.717) is 11.4 Å². The Morgan fingerprint density at radius 3 is 2.75 bits per heavy atom. The zero-order valence-electron chi connectivity index (χ0n) is 8.60. The minimum Gasteiger partial charge on any atom is -0.331 e. The van der Waals surface area contributed by atoms with Crippen LogP contribution in [0.25, 0.3) is 11.0 Å². The summed E-state index contributed by atoms with van der Waals surface area (Å²) in [5.41, 5.74) is 0.826. The van der Waals surface area contributed by atoms with Crippen LogP contribution in [-0.4, -0.2) is 9.55 Å². The molecule has 3 rings (SSSR count). The predicted molar refractivity (Wildman–Crippen MR) is 65.3 cm³/mol. The Labute approximate surface area is 105 Å². The Bertz CT molecular complexity index is 587. The van der Waals surface area contributed by atoms with E-state index in [2.05, 4.69) is 4.98 Å². The zero-order valence-corrected chi connectivity index (χ0v) is 10.8. The molecule has 2 nitrogen and oxygen atoms in total. The second kappa shape index (κ2) is 3.38. The number of hydrogen-bond donors (Lipinski definition) is 0. The van der Waals surface area contributed by atoms with Crippen molar-refractivity contribution in [3.8, 4) is 0 Å². The van der Waals surface area contributed by atoms with Gasteiger partial charge in [-0.15, -0.1) is 0 Å². The van der Waals surface area contributed by atoms with E-state index in [1.807, 2.05) is 7.05 Å². The molecule has 1 aliphatic carbocycles. The van der Waals surface area contributed by atoms with Gasteiger partial charge in [0.1, 0.15) is 17.2 Å². The number of fused-ring (bicyclic) bond motifs is 1. The molecule has 0 amide bonds. The fraction of sp³-hybridized carbons (Fsp3) is 0.364. The molecule has 0 radical (unpaired) electrons. The van der Waals surface area contributed by atoms with Crippen molar-refractivity contribution < 1.29 is 8.78 Å². The molecular formula is C11H9F2IN2. The summed E-state index contributed by atoms with van der Waals surface area (Å²) in [7, 11) is 1.81. The molecular weight excluding hydrogens is 325 g/mol. The highest BCUT2D eigenvalue weighted by atomic mass is 127. The molecule has 0 atom stereocenters. The highest BCUT2D eigenvalue weighted by molar-refractivity contribution is 14.1. The summed E-state index contributed by atoms with van der Waals surface area (Å²) in [5.74, 6) is 0.238. The molecule has 5 heteroatoms. The van der Waals surface area contributed by atoms with E-state index in [4.69, 9.17) is 0 Å². The summed E-state index contributed by atoms with van der Waals surface area (Å²) >= 11 is 1.67. The fourth-order valence-electron chi connectivity index (χ4n) is 1.95. The van der Waals surface area contributed by atoms with Crippen molar-refractivity contribution in [2.24, 2.45) is 7.05 Å². The number of rotatable bonds is 1. The van der Waals surface area contributed by atoms with Gasteiger partial charge in [0.2, 0.25) is 0 Å². The molecule has 0 bridgehead atoms. The van der Waals surface area contributed by atoms with Crippen molar-refractivity contribution in [2.45, 2.75) is 18.8 Å². The maximum Gasteiger partial charge on any atom is 0.167 e.